The van der Waals surface area contributed by atoms with Gasteiger partial charge in [-0.1, -0.05) is 12.8 Å². The molecule has 0 aliphatic heterocycles. The lowest BCUT2D eigenvalue weighted by Gasteiger charge is -2.19. The van der Waals surface area contributed by atoms with Gasteiger partial charge in [0.15, 0.2) is 0 Å². The summed E-state index contributed by atoms with van der Waals surface area (Å²) in [4.78, 5) is 11.2. The third-order valence-corrected chi connectivity index (χ3v) is 3.75. The maximum atomic E-state index is 11.2. The summed E-state index contributed by atoms with van der Waals surface area (Å²) in [6, 6.07) is 3.98. The highest BCUT2D eigenvalue weighted by Gasteiger charge is 2.21. The van der Waals surface area contributed by atoms with Crippen LogP contribution in [0.15, 0.2) is 16.5 Å². The second kappa shape index (κ2) is 6.05. The molecule has 1 aliphatic rings. The molecule has 1 atom stereocenters. The first kappa shape index (κ1) is 13.1. The van der Waals surface area contributed by atoms with E-state index in [0.717, 1.165) is 11.7 Å². The first-order valence-electron chi connectivity index (χ1n) is 6.61. The van der Waals surface area contributed by atoms with Gasteiger partial charge >= 0.3 is 5.97 Å². The van der Waals surface area contributed by atoms with Gasteiger partial charge in [-0.05, 0) is 37.8 Å². The topological polar surface area (TPSA) is 51.5 Å². The fraction of sp³-hybridized carbons (Fsp3) is 0.643. The van der Waals surface area contributed by atoms with E-state index >= 15 is 0 Å². The predicted octanol–water partition coefficient (Wildman–Crippen LogP) is 2.73. The van der Waals surface area contributed by atoms with Crippen LogP contribution in [0.3, 0.4) is 0 Å². The van der Waals surface area contributed by atoms with Gasteiger partial charge in [0, 0.05) is 6.04 Å². The Bertz CT molecular complexity index is 393. The zero-order valence-corrected chi connectivity index (χ0v) is 11.1. The number of rotatable bonds is 5. The van der Waals surface area contributed by atoms with Crippen molar-refractivity contribution < 1.29 is 13.9 Å². The van der Waals surface area contributed by atoms with Crippen LogP contribution in [-0.4, -0.2) is 19.1 Å². The van der Waals surface area contributed by atoms with Crippen LogP contribution in [0.25, 0.3) is 0 Å². The molecule has 0 radical (unpaired) electrons. The molecule has 4 heteroatoms. The molecule has 18 heavy (non-hydrogen) atoms. The molecule has 0 saturated heterocycles. The van der Waals surface area contributed by atoms with E-state index in [9.17, 15) is 4.79 Å². The molecule has 100 valence electrons. The Labute approximate surface area is 108 Å². The quantitative estimate of drug-likeness (QED) is 0.817. The van der Waals surface area contributed by atoms with Gasteiger partial charge in [-0.15, -0.1) is 0 Å². The molecular formula is C14H21NO3. The van der Waals surface area contributed by atoms with Crippen molar-refractivity contribution in [1.29, 1.82) is 0 Å². The molecule has 0 amide bonds. The minimum atomic E-state index is -0.426. The van der Waals surface area contributed by atoms with E-state index in [1.807, 2.05) is 6.07 Å². The Kier molecular flexibility index (Phi) is 4.42. The van der Waals surface area contributed by atoms with Gasteiger partial charge < -0.3 is 14.5 Å². The van der Waals surface area contributed by atoms with E-state index in [4.69, 9.17) is 4.42 Å². The van der Waals surface area contributed by atoms with Crippen LogP contribution in [0.5, 0.6) is 0 Å². The van der Waals surface area contributed by atoms with Gasteiger partial charge in [0.05, 0.1) is 13.7 Å². The summed E-state index contributed by atoms with van der Waals surface area (Å²) < 4.78 is 10.0. The van der Waals surface area contributed by atoms with Crippen molar-refractivity contribution in [2.45, 2.75) is 45.2 Å². The molecule has 1 aromatic rings. The van der Waals surface area contributed by atoms with E-state index in [1.165, 1.54) is 32.8 Å². The number of ether oxygens (including phenoxy) is 1. The number of hydrogen-bond acceptors (Lipinski definition) is 4. The third-order valence-electron chi connectivity index (χ3n) is 3.75. The monoisotopic (exact) mass is 251 g/mol. The van der Waals surface area contributed by atoms with Crippen molar-refractivity contribution in [3.8, 4) is 0 Å². The minimum absolute atomic E-state index is 0.266. The molecule has 0 bridgehead atoms. The molecule has 2 rings (SSSR count). The van der Waals surface area contributed by atoms with Gasteiger partial charge in [0.25, 0.3) is 0 Å². The summed E-state index contributed by atoms with van der Waals surface area (Å²) in [5, 5.41) is 3.47. The van der Waals surface area contributed by atoms with Crippen LogP contribution in [0, 0.1) is 5.92 Å². The molecule has 0 spiro atoms. The van der Waals surface area contributed by atoms with Crippen molar-refractivity contribution in [1.82, 2.24) is 5.32 Å². The summed E-state index contributed by atoms with van der Waals surface area (Å²) in [6.07, 6.45) is 5.34. The molecule has 1 aromatic heterocycles. The molecule has 4 nitrogen and oxygen atoms in total. The Hall–Kier alpha value is -1.29. The van der Waals surface area contributed by atoms with Crippen molar-refractivity contribution >= 4 is 5.97 Å². The van der Waals surface area contributed by atoms with E-state index in [2.05, 4.69) is 17.0 Å². The van der Waals surface area contributed by atoms with Crippen LogP contribution in [-0.2, 0) is 11.3 Å². The van der Waals surface area contributed by atoms with E-state index in [-0.39, 0.29) is 5.76 Å². The number of carbonyl (C=O) groups is 1. The Balaban J connectivity index is 1.82. The van der Waals surface area contributed by atoms with Gasteiger partial charge in [0.1, 0.15) is 5.76 Å². The number of hydrogen-bond donors (Lipinski definition) is 1. The molecular weight excluding hydrogens is 230 g/mol. The van der Waals surface area contributed by atoms with Crippen molar-refractivity contribution in [2.75, 3.05) is 7.11 Å². The third kappa shape index (κ3) is 3.13. The Morgan fingerprint density at radius 3 is 2.89 bits per heavy atom. The van der Waals surface area contributed by atoms with Gasteiger partial charge in [0.2, 0.25) is 5.76 Å². The van der Waals surface area contributed by atoms with Crippen LogP contribution in [0.4, 0.5) is 0 Å². The van der Waals surface area contributed by atoms with Crippen LogP contribution in [0.1, 0.15) is 48.9 Å². The molecule has 0 unspecified atom stereocenters. The van der Waals surface area contributed by atoms with Gasteiger partial charge in [-0.3, -0.25) is 0 Å². The number of nitrogens with one attached hydrogen (secondary N) is 1. The average molecular weight is 251 g/mol. The van der Waals surface area contributed by atoms with E-state index in [0.29, 0.717) is 12.6 Å². The SMILES string of the molecule is COC(=O)c1ccc(CN[C@@H](C)C2CCCC2)o1. The summed E-state index contributed by atoms with van der Waals surface area (Å²) in [5.74, 6) is 1.40. The molecule has 1 N–H and O–H groups in total. The van der Waals surface area contributed by atoms with Crippen molar-refractivity contribution in [2.24, 2.45) is 5.92 Å². The highest BCUT2D eigenvalue weighted by molar-refractivity contribution is 5.86. The largest absolute Gasteiger partial charge is 0.463 e. The normalized spacial score (nSPS) is 17.9. The number of methoxy groups -OCH3 is 1. The zero-order chi connectivity index (χ0) is 13.0. The highest BCUT2D eigenvalue weighted by Crippen LogP contribution is 2.27. The lowest BCUT2D eigenvalue weighted by atomic mass is 10.00. The standard InChI is InChI=1S/C14H21NO3/c1-10(11-5-3-4-6-11)15-9-12-7-8-13(18-12)14(16)17-2/h7-8,10-11,15H,3-6,9H2,1-2H3/t10-/m0/s1. The molecule has 1 saturated carbocycles. The van der Waals surface area contributed by atoms with Crippen LogP contribution < -0.4 is 5.32 Å². The fourth-order valence-corrected chi connectivity index (χ4v) is 2.57. The maximum absolute atomic E-state index is 11.2. The second-order valence-electron chi connectivity index (χ2n) is 4.97. The lowest BCUT2D eigenvalue weighted by Crippen LogP contribution is -2.31. The Morgan fingerprint density at radius 1 is 1.50 bits per heavy atom. The van der Waals surface area contributed by atoms with E-state index < -0.39 is 5.97 Å². The van der Waals surface area contributed by atoms with Crippen LogP contribution in [0.2, 0.25) is 0 Å². The summed E-state index contributed by atoms with van der Waals surface area (Å²) >= 11 is 0. The van der Waals surface area contributed by atoms with Crippen molar-refractivity contribution in [3.63, 3.8) is 0 Å². The summed E-state index contributed by atoms with van der Waals surface area (Å²) in [6.45, 7) is 2.88. The first-order chi connectivity index (χ1) is 8.70. The lowest BCUT2D eigenvalue weighted by molar-refractivity contribution is 0.0562. The fourth-order valence-electron chi connectivity index (χ4n) is 2.57. The summed E-state index contributed by atoms with van der Waals surface area (Å²) in [7, 11) is 1.35. The highest BCUT2D eigenvalue weighted by atomic mass is 16.5. The minimum Gasteiger partial charge on any atom is -0.463 e. The summed E-state index contributed by atoms with van der Waals surface area (Å²) in [5.41, 5.74) is 0. The number of esters is 1. The average Bonchev–Trinajstić information content (AvgIpc) is 3.05. The predicted molar refractivity (Wildman–Crippen MR) is 68.3 cm³/mol. The molecule has 0 aromatic carbocycles. The second-order valence-corrected chi connectivity index (χ2v) is 4.97. The number of furan rings is 1. The Morgan fingerprint density at radius 2 is 2.22 bits per heavy atom. The maximum Gasteiger partial charge on any atom is 0.373 e. The molecule has 1 heterocycles. The van der Waals surface area contributed by atoms with E-state index in [1.54, 1.807) is 6.07 Å². The van der Waals surface area contributed by atoms with Gasteiger partial charge in [-0.25, -0.2) is 4.79 Å². The number of carbonyl (C=O) groups excluding carboxylic acids is 1. The van der Waals surface area contributed by atoms with Gasteiger partial charge in [-0.2, -0.15) is 0 Å². The first-order valence-corrected chi connectivity index (χ1v) is 6.61. The molecule has 1 fully saturated rings. The molecule has 1 aliphatic carbocycles. The zero-order valence-electron chi connectivity index (χ0n) is 11.1. The van der Waals surface area contributed by atoms with Crippen LogP contribution >= 0.6 is 0 Å². The smallest absolute Gasteiger partial charge is 0.373 e. The van der Waals surface area contributed by atoms with Crippen molar-refractivity contribution in [3.05, 3.63) is 23.7 Å².